The van der Waals surface area contributed by atoms with Gasteiger partial charge in [0.05, 0.1) is 23.9 Å². The summed E-state index contributed by atoms with van der Waals surface area (Å²) in [6.07, 6.45) is 8.47. The molecule has 3 nitrogen and oxygen atoms in total. The Morgan fingerprint density at radius 2 is 2.28 bits per heavy atom. The van der Waals surface area contributed by atoms with Gasteiger partial charge >= 0.3 is 0 Å². The summed E-state index contributed by atoms with van der Waals surface area (Å²) in [6.45, 7) is 1.11. The summed E-state index contributed by atoms with van der Waals surface area (Å²) in [5, 5.41) is 3.54. The molecule has 1 aromatic carbocycles. The van der Waals surface area contributed by atoms with Gasteiger partial charge in [-0.05, 0) is 37.8 Å². The first-order valence-electron chi connectivity index (χ1n) is 6.29. The minimum Gasteiger partial charge on any atom is -0.309 e. The summed E-state index contributed by atoms with van der Waals surface area (Å²) in [4.78, 5) is 5.62. The van der Waals surface area contributed by atoms with E-state index in [-0.39, 0.29) is 0 Å². The van der Waals surface area contributed by atoms with Crippen molar-refractivity contribution in [1.29, 1.82) is 0 Å². The van der Waals surface area contributed by atoms with Gasteiger partial charge in [0.25, 0.3) is 0 Å². The lowest BCUT2D eigenvalue weighted by atomic mass is 10.1. The van der Waals surface area contributed by atoms with Gasteiger partial charge in [0.2, 0.25) is 0 Å². The number of benzene rings is 1. The third kappa shape index (κ3) is 2.06. The molecular weight excluding hydrogens is 242 g/mol. The van der Waals surface area contributed by atoms with Crippen molar-refractivity contribution in [1.82, 2.24) is 14.9 Å². The van der Waals surface area contributed by atoms with E-state index in [1.54, 1.807) is 11.8 Å². The molecule has 1 aromatic heterocycles. The van der Waals surface area contributed by atoms with Crippen LogP contribution in [-0.4, -0.2) is 22.4 Å². The van der Waals surface area contributed by atoms with E-state index in [2.05, 4.69) is 45.4 Å². The van der Waals surface area contributed by atoms with Crippen LogP contribution in [0, 0.1) is 0 Å². The Kier molecular flexibility index (Phi) is 3.39. The molecule has 1 aliphatic heterocycles. The number of nitrogens with zero attached hydrogens (tertiary/aromatic N) is 2. The van der Waals surface area contributed by atoms with E-state index in [1.807, 2.05) is 12.5 Å². The van der Waals surface area contributed by atoms with Gasteiger partial charge in [-0.2, -0.15) is 0 Å². The Hall–Kier alpha value is -1.26. The number of hydrogen-bond donors (Lipinski definition) is 1. The smallest absolute Gasteiger partial charge is 0.0995 e. The van der Waals surface area contributed by atoms with Crippen LogP contribution in [0.15, 0.2) is 41.7 Å². The van der Waals surface area contributed by atoms with Crippen LogP contribution >= 0.6 is 11.8 Å². The molecule has 2 aromatic rings. The fourth-order valence-corrected chi connectivity index (χ4v) is 3.12. The molecule has 18 heavy (non-hydrogen) atoms. The van der Waals surface area contributed by atoms with E-state index in [1.165, 1.54) is 29.1 Å². The molecule has 1 aliphatic rings. The van der Waals surface area contributed by atoms with Gasteiger partial charge in [0.1, 0.15) is 0 Å². The maximum atomic E-state index is 4.33. The van der Waals surface area contributed by atoms with Crippen LogP contribution in [0.3, 0.4) is 0 Å². The molecule has 0 amide bonds. The predicted molar refractivity (Wildman–Crippen MR) is 75.3 cm³/mol. The SMILES string of the molecule is CSc1ccccc1-n1cncc1[C@@H]1CCCN1. The highest BCUT2D eigenvalue weighted by Gasteiger charge is 2.20. The monoisotopic (exact) mass is 259 g/mol. The Labute approximate surface area is 112 Å². The van der Waals surface area contributed by atoms with Gasteiger partial charge < -0.3 is 9.88 Å². The lowest BCUT2D eigenvalue weighted by molar-refractivity contribution is 0.614. The van der Waals surface area contributed by atoms with Crippen LogP contribution < -0.4 is 5.32 Å². The van der Waals surface area contributed by atoms with Gasteiger partial charge in [-0.15, -0.1) is 11.8 Å². The molecule has 1 N–H and O–H groups in total. The summed E-state index contributed by atoms with van der Waals surface area (Å²) in [7, 11) is 0. The van der Waals surface area contributed by atoms with Gasteiger partial charge in [0, 0.05) is 10.9 Å². The second-order valence-electron chi connectivity index (χ2n) is 4.51. The molecule has 0 aliphatic carbocycles. The molecule has 3 rings (SSSR count). The van der Waals surface area contributed by atoms with Crippen LogP contribution in [0.4, 0.5) is 0 Å². The molecule has 0 spiro atoms. The standard InChI is InChI=1S/C14H17N3S/c1-18-14-7-3-2-6-12(14)17-10-15-9-13(17)11-5-4-8-16-11/h2-3,6-7,9-11,16H,4-5,8H2,1H3/t11-/m0/s1. The quantitative estimate of drug-likeness (QED) is 0.859. The van der Waals surface area contributed by atoms with E-state index >= 15 is 0 Å². The van der Waals surface area contributed by atoms with Crippen molar-refractivity contribution in [3.05, 3.63) is 42.5 Å². The number of aromatic nitrogens is 2. The Morgan fingerprint density at radius 3 is 3.06 bits per heavy atom. The number of rotatable bonds is 3. The Morgan fingerprint density at radius 1 is 1.39 bits per heavy atom. The van der Waals surface area contributed by atoms with Crippen molar-refractivity contribution in [3.8, 4) is 5.69 Å². The van der Waals surface area contributed by atoms with E-state index in [0.29, 0.717) is 6.04 Å². The number of nitrogens with one attached hydrogen (secondary N) is 1. The summed E-state index contributed by atoms with van der Waals surface area (Å²) in [5.74, 6) is 0. The molecule has 0 radical (unpaired) electrons. The zero-order chi connectivity index (χ0) is 12.4. The summed E-state index contributed by atoms with van der Waals surface area (Å²) in [5.41, 5.74) is 2.50. The molecule has 2 heterocycles. The van der Waals surface area contributed by atoms with E-state index in [0.717, 1.165) is 6.54 Å². The van der Waals surface area contributed by atoms with Gasteiger partial charge in [-0.25, -0.2) is 4.98 Å². The Balaban J connectivity index is 2.03. The van der Waals surface area contributed by atoms with Crippen molar-refractivity contribution in [2.24, 2.45) is 0 Å². The van der Waals surface area contributed by atoms with Crippen molar-refractivity contribution >= 4 is 11.8 Å². The molecule has 1 fully saturated rings. The van der Waals surface area contributed by atoms with Crippen LogP contribution in [0.1, 0.15) is 24.6 Å². The molecule has 94 valence electrons. The van der Waals surface area contributed by atoms with Crippen LogP contribution in [0.25, 0.3) is 5.69 Å². The van der Waals surface area contributed by atoms with Crippen molar-refractivity contribution < 1.29 is 0 Å². The topological polar surface area (TPSA) is 29.9 Å². The third-order valence-corrected chi connectivity index (χ3v) is 4.21. The van der Waals surface area contributed by atoms with Gasteiger partial charge in [-0.3, -0.25) is 0 Å². The first kappa shape index (κ1) is 11.8. The third-order valence-electron chi connectivity index (χ3n) is 3.43. The first-order chi connectivity index (χ1) is 8.90. The zero-order valence-corrected chi connectivity index (χ0v) is 11.3. The van der Waals surface area contributed by atoms with Crippen LogP contribution in [0.5, 0.6) is 0 Å². The summed E-state index contributed by atoms with van der Waals surface area (Å²) in [6, 6.07) is 8.93. The normalized spacial score (nSPS) is 19.3. The number of imidazole rings is 1. The average Bonchev–Trinajstić information content (AvgIpc) is 3.09. The van der Waals surface area contributed by atoms with Crippen molar-refractivity contribution in [2.75, 3.05) is 12.8 Å². The number of para-hydroxylation sites is 1. The summed E-state index contributed by atoms with van der Waals surface area (Å²) < 4.78 is 2.22. The van der Waals surface area contributed by atoms with Crippen molar-refractivity contribution in [3.63, 3.8) is 0 Å². The molecular formula is C14H17N3S. The van der Waals surface area contributed by atoms with E-state index < -0.39 is 0 Å². The van der Waals surface area contributed by atoms with Crippen LogP contribution in [0.2, 0.25) is 0 Å². The highest BCUT2D eigenvalue weighted by atomic mass is 32.2. The Bertz CT molecular complexity index is 529. The summed E-state index contributed by atoms with van der Waals surface area (Å²) >= 11 is 1.78. The fraction of sp³-hybridized carbons (Fsp3) is 0.357. The highest BCUT2D eigenvalue weighted by molar-refractivity contribution is 7.98. The minimum atomic E-state index is 0.447. The average molecular weight is 259 g/mol. The van der Waals surface area contributed by atoms with E-state index in [4.69, 9.17) is 0 Å². The first-order valence-corrected chi connectivity index (χ1v) is 7.51. The second-order valence-corrected chi connectivity index (χ2v) is 5.36. The molecule has 0 unspecified atom stereocenters. The zero-order valence-electron chi connectivity index (χ0n) is 10.5. The lowest BCUT2D eigenvalue weighted by Gasteiger charge is -2.16. The molecule has 1 saturated heterocycles. The molecule has 4 heteroatoms. The molecule has 1 atom stereocenters. The lowest BCUT2D eigenvalue weighted by Crippen LogP contribution is -2.16. The minimum absolute atomic E-state index is 0.447. The molecule has 0 saturated carbocycles. The maximum absolute atomic E-state index is 4.33. The highest BCUT2D eigenvalue weighted by Crippen LogP contribution is 2.29. The second kappa shape index (κ2) is 5.16. The fourth-order valence-electron chi connectivity index (χ4n) is 2.53. The number of thioether (sulfide) groups is 1. The van der Waals surface area contributed by atoms with Gasteiger partial charge in [-0.1, -0.05) is 12.1 Å². The number of hydrogen-bond acceptors (Lipinski definition) is 3. The van der Waals surface area contributed by atoms with Gasteiger partial charge in [0.15, 0.2) is 0 Å². The maximum Gasteiger partial charge on any atom is 0.0995 e. The predicted octanol–water partition coefficient (Wildman–Crippen LogP) is 3.02. The van der Waals surface area contributed by atoms with Crippen molar-refractivity contribution in [2.45, 2.75) is 23.8 Å². The van der Waals surface area contributed by atoms with Crippen LogP contribution in [-0.2, 0) is 0 Å². The molecule has 0 bridgehead atoms. The largest absolute Gasteiger partial charge is 0.309 e. The van der Waals surface area contributed by atoms with E-state index in [9.17, 15) is 0 Å².